The number of hydrogen-bond donors (Lipinski definition) is 2. The molecule has 1 rings (SSSR count). The summed E-state index contributed by atoms with van der Waals surface area (Å²) < 4.78 is 0. The van der Waals surface area contributed by atoms with Crippen LogP contribution in [0.2, 0.25) is 0 Å². The summed E-state index contributed by atoms with van der Waals surface area (Å²) in [6.07, 6.45) is 3.58. The first kappa shape index (κ1) is 14.2. The third kappa shape index (κ3) is 5.98. The number of aromatic nitrogens is 1. The Balaban J connectivity index is 2.32. The second kappa shape index (κ2) is 6.14. The Morgan fingerprint density at radius 1 is 1.17 bits per heavy atom. The van der Waals surface area contributed by atoms with Crippen molar-refractivity contribution < 1.29 is 9.59 Å². The van der Waals surface area contributed by atoms with Crippen molar-refractivity contribution in [2.24, 2.45) is 5.41 Å². The van der Waals surface area contributed by atoms with Gasteiger partial charge < -0.3 is 10.6 Å². The maximum atomic E-state index is 11.5. The molecule has 0 aromatic carbocycles. The average Bonchev–Trinajstić information content (AvgIpc) is 2.25. The van der Waals surface area contributed by atoms with Crippen molar-refractivity contribution in [3.05, 3.63) is 24.5 Å². The number of nitrogens with one attached hydrogen (secondary N) is 2. The zero-order valence-electron chi connectivity index (χ0n) is 11.0. The number of carbonyl (C=O) groups is 2. The van der Waals surface area contributed by atoms with Crippen molar-refractivity contribution in [3.8, 4) is 0 Å². The highest BCUT2D eigenvalue weighted by Crippen LogP contribution is 2.17. The molecule has 2 amide bonds. The Bertz CT molecular complexity index is 410. The normalized spacial score (nSPS) is 10.8. The van der Waals surface area contributed by atoms with E-state index >= 15 is 0 Å². The average molecular weight is 249 g/mol. The van der Waals surface area contributed by atoms with Crippen molar-refractivity contribution in [3.63, 3.8) is 0 Å². The van der Waals surface area contributed by atoms with Crippen molar-refractivity contribution in [2.75, 3.05) is 11.9 Å². The summed E-state index contributed by atoms with van der Waals surface area (Å²) >= 11 is 0. The third-order valence-corrected chi connectivity index (χ3v) is 2.10. The van der Waals surface area contributed by atoms with Gasteiger partial charge in [-0.05, 0) is 17.5 Å². The van der Waals surface area contributed by atoms with E-state index < -0.39 is 0 Å². The van der Waals surface area contributed by atoms with Crippen LogP contribution in [0.3, 0.4) is 0 Å². The Kier molecular flexibility index (Phi) is 4.83. The molecule has 0 atom stereocenters. The molecular weight excluding hydrogens is 230 g/mol. The first-order valence-corrected chi connectivity index (χ1v) is 5.83. The summed E-state index contributed by atoms with van der Waals surface area (Å²) in [5, 5.41) is 5.26. The highest BCUT2D eigenvalue weighted by molar-refractivity contribution is 5.94. The predicted molar refractivity (Wildman–Crippen MR) is 69.9 cm³/mol. The van der Waals surface area contributed by atoms with E-state index in [2.05, 4.69) is 15.6 Å². The number of anilines is 1. The standard InChI is InChI=1S/C13H19N3O2/c1-13(2,3)8-11(17)15-9-12(18)16-10-4-6-14-7-5-10/h4-7H,8-9H2,1-3H3,(H,15,17)(H,14,16,18). The van der Waals surface area contributed by atoms with Gasteiger partial charge in [-0.15, -0.1) is 0 Å². The van der Waals surface area contributed by atoms with Gasteiger partial charge in [0.25, 0.3) is 0 Å². The van der Waals surface area contributed by atoms with Crippen molar-refractivity contribution in [1.29, 1.82) is 0 Å². The van der Waals surface area contributed by atoms with E-state index in [-0.39, 0.29) is 23.8 Å². The molecule has 0 radical (unpaired) electrons. The number of amides is 2. The molecule has 1 aromatic rings. The number of nitrogens with zero attached hydrogens (tertiary/aromatic N) is 1. The molecule has 0 saturated heterocycles. The second-order valence-electron chi connectivity index (χ2n) is 5.30. The largest absolute Gasteiger partial charge is 0.347 e. The topological polar surface area (TPSA) is 71.1 Å². The van der Waals surface area contributed by atoms with Crippen molar-refractivity contribution in [1.82, 2.24) is 10.3 Å². The molecule has 5 heteroatoms. The van der Waals surface area contributed by atoms with Crippen LogP contribution in [0.25, 0.3) is 0 Å². The Labute approximate surface area is 107 Å². The molecule has 0 aliphatic rings. The van der Waals surface area contributed by atoms with Gasteiger partial charge in [0.1, 0.15) is 0 Å². The number of hydrogen-bond acceptors (Lipinski definition) is 3. The Morgan fingerprint density at radius 3 is 2.33 bits per heavy atom. The molecule has 98 valence electrons. The third-order valence-electron chi connectivity index (χ3n) is 2.10. The lowest BCUT2D eigenvalue weighted by atomic mass is 9.92. The molecule has 0 aliphatic heterocycles. The van der Waals surface area contributed by atoms with Gasteiger partial charge in [-0.25, -0.2) is 0 Å². The van der Waals surface area contributed by atoms with E-state index in [1.165, 1.54) is 0 Å². The van der Waals surface area contributed by atoms with E-state index in [0.29, 0.717) is 12.1 Å². The van der Waals surface area contributed by atoms with Crippen molar-refractivity contribution in [2.45, 2.75) is 27.2 Å². The van der Waals surface area contributed by atoms with Gasteiger partial charge in [0.15, 0.2) is 0 Å². The SMILES string of the molecule is CC(C)(C)CC(=O)NCC(=O)Nc1ccncc1. The van der Waals surface area contributed by atoms with Crippen LogP contribution in [0, 0.1) is 5.41 Å². The number of carbonyl (C=O) groups excluding carboxylic acids is 2. The van der Waals surface area contributed by atoms with Crippen LogP contribution in [0.4, 0.5) is 5.69 Å². The molecule has 0 spiro atoms. The van der Waals surface area contributed by atoms with Crippen LogP contribution in [-0.4, -0.2) is 23.3 Å². The van der Waals surface area contributed by atoms with Gasteiger partial charge in [-0.3, -0.25) is 14.6 Å². The molecule has 0 bridgehead atoms. The minimum absolute atomic E-state index is 0.0166. The van der Waals surface area contributed by atoms with Crippen LogP contribution in [0.5, 0.6) is 0 Å². The summed E-state index contributed by atoms with van der Waals surface area (Å²) in [5.74, 6) is -0.365. The molecule has 1 aromatic heterocycles. The van der Waals surface area contributed by atoms with Gasteiger partial charge in [0, 0.05) is 24.5 Å². The predicted octanol–water partition coefficient (Wildman–Crippen LogP) is 1.57. The summed E-state index contributed by atoms with van der Waals surface area (Å²) in [4.78, 5) is 26.9. The Hall–Kier alpha value is -1.91. The van der Waals surface area contributed by atoms with Gasteiger partial charge >= 0.3 is 0 Å². The van der Waals surface area contributed by atoms with Gasteiger partial charge in [0.05, 0.1) is 6.54 Å². The number of pyridine rings is 1. The van der Waals surface area contributed by atoms with Gasteiger partial charge in [-0.1, -0.05) is 20.8 Å². The van der Waals surface area contributed by atoms with Crippen LogP contribution >= 0.6 is 0 Å². The van der Waals surface area contributed by atoms with Crippen LogP contribution < -0.4 is 10.6 Å². The first-order chi connectivity index (χ1) is 8.37. The van der Waals surface area contributed by atoms with Crippen molar-refractivity contribution >= 4 is 17.5 Å². The molecule has 1 heterocycles. The summed E-state index contributed by atoms with van der Waals surface area (Å²) in [6, 6.07) is 3.38. The fourth-order valence-corrected chi connectivity index (χ4v) is 1.36. The fourth-order valence-electron chi connectivity index (χ4n) is 1.36. The lowest BCUT2D eigenvalue weighted by Crippen LogP contribution is -2.34. The summed E-state index contributed by atoms with van der Waals surface area (Å²) in [7, 11) is 0. The lowest BCUT2D eigenvalue weighted by Gasteiger charge is -2.17. The highest BCUT2D eigenvalue weighted by atomic mass is 16.2. The Morgan fingerprint density at radius 2 is 1.78 bits per heavy atom. The zero-order valence-corrected chi connectivity index (χ0v) is 11.0. The minimum atomic E-state index is -0.247. The van der Waals surface area contributed by atoms with E-state index in [0.717, 1.165) is 0 Å². The molecule has 0 aliphatic carbocycles. The van der Waals surface area contributed by atoms with Crippen LogP contribution in [0.1, 0.15) is 27.2 Å². The van der Waals surface area contributed by atoms with E-state index in [9.17, 15) is 9.59 Å². The van der Waals surface area contributed by atoms with E-state index in [4.69, 9.17) is 0 Å². The minimum Gasteiger partial charge on any atom is -0.347 e. The molecule has 0 saturated carbocycles. The van der Waals surface area contributed by atoms with Crippen LogP contribution in [0.15, 0.2) is 24.5 Å². The molecule has 2 N–H and O–H groups in total. The maximum absolute atomic E-state index is 11.5. The molecule has 5 nitrogen and oxygen atoms in total. The lowest BCUT2D eigenvalue weighted by molar-refractivity contribution is -0.125. The van der Waals surface area contributed by atoms with Crippen LogP contribution in [-0.2, 0) is 9.59 Å². The summed E-state index contributed by atoms with van der Waals surface area (Å²) in [6.45, 7) is 5.91. The quantitative estimate of drug-likeness (QED) is 0.851. The zero-order chi connectivity index (χ0) is 13.6. The van der Waals surface area contributed by atoms with Gasteiger partial charge in [-0.2, -0.15) is 0 Å². The smallest absolute Gasteiger partial charge is 0.243 e. The number of rotatable bonds is 4. The van der Waals surface area contributed by atoms with E-state index in [1.807, 2.05) is 20.8 Å². The monoisotopic (exact) mass is 249 g/mol. The first-order valence-electron chi connectivity index (χ1n) is 5.83. The highest BCUT2D eigenvalue weighted by Gasteiger charge is 2.16. The summed E-state index contributed by atoms with van der Waals surface area (Å²) in [5.41, 5.74) is 0.589. The van der Waals surface area contributed by atoms with Gasteiger partial charge in [0.2, 0.25) is 11.8 Å². The van der Waals surface area contributed by atoms with E-state index in [1.54, 1.807) is 24.5 Å². The molecule has 0 fully saturated rings. The molecular formula is C13H19N3O2. The fraction of sp³-hybridized carbons (Fsp3) is 0.462. The molecule has 18 heavy (non-hydrogen) atoms. The molecule has 0 unspecified atom stereocenters. The maximum Gasteiger partial charge on any atom is 0.243 e. The second-order valence-corrected chi connectivity index (χ2v) is 5.30.